The van der Waals surface area contributed by atoms with Crippen LogP contribution in [-0.4, -0.2) is 59.4 Å². The Labute approximate surface area is 129 Å². The van der Waals surface area contributed by atoms with E-state index in [4.69, 9.17) is 0 Å². The Morgan fingerprint density at radius 1 is 1.00 bits per heavy atom. The van der Waals surface area contributed by atoms with Crippen LogP contribution in [0, 0.1) is 0 Å². The molecule has 0 aromatic rings. The molecule has 1 atom stereocenters. The van der Waals surface area contributed by atoms with Gasteiger partial charge in [-0.3, -0.25) is 14.5 Å². The Morgan fingerprint density at radius 3 is 2.00 bits per heavy atom. The Bertz CT molecular complexity index is 341. The van der Waals surface area contributed by atoms with Crippen molar-refractivity contribution >= 4 is 11.8 Å². The number of nitrogens with zero attached hydrogens (tertiary/aromatic N) is 2. The fraction of sp³-hybridized carbons (Fsp3) is 0.875. The molecule has 2 amide bonds. The van der Waals surface area contributed by atoms with Gasteiger partial charge in [0.05, 0.1) is 6.54 Å². The summed E-state index contributed by atoms with van der Waals surface area (Å²) < 4.78 is 0. The SMILES string of the molecule is CC(C)N(CC(=O)N[C@H](C)C(=O)N1CCCCC1)C(C)C. The van der Waals surface area contributed by atoms with E-state index in [1.165, 1.54) is 6.42 Å². The Balaban J connectivity index is 2.47. The molecular formula is C16H31N3O2. The number of amides is 2. The summed E-state index contributed by atoms with van der Waals surface area (Å²) in [5.41, 5.74) is 0. The number of hydrogen-bond acceptors (Lipinski definition) is 3. The number of carbonyl (C=O) groups is 2. The van der Waals surface area contributed by atoms with Crippen LogP contribution in [0.2, 0.25) is 0 Å². The van der Waals surface area contributed by atoms with Gasteiger partial charge in [-0.25, -0.2) is 0 Å². The molecule has 1 N–H and O–H groups in total. The fourth-order valence-corrected chi connectivity index (χ4v) is 2.86. The van der Waals surface area contributed by atoms with Gasteiger partial charge in [-0.05, 0) is 53.9 Å². The minimum Gasteiger partial charge on any atom is -0.343 e. The molecule has 5 nitrogen and oxygen atoms in total. The van der Waals surface area contributed by atoms with Crippen LogP contribution in [0.1, 0.15) is 53.9 Å². The first-order chi connectivity index (χ1) is 9.82. The second-order valence-corrected chi connectivity index (χ2v) is 6.53. The monoisotopic (exact) mass is 297 g/mol. The molecule has 1 aliphatic rings. The predicted octanol–water partition coefficient (Wildman–Crippen LogP) is 1.62. The van der Waals surface area contributed by atoms with Gasteiger partial charge in [0, 0.05) is 25.2 Å². The van der Waals surface area contributed by atoms with Crippen molar-refractivity contribution < 1.29 is 9.59 Å². The molecule has 1 heterocycles. The summed E-state index contributed by atoms with van der Waals surface area (Å²) in [5.74, 6) is -0.0287. The summed E-state index contributed by atoms with van der Waals surface area (Å²) in [7, 11) is 0. The maximum atomic E-state index is 12.3. The van der Waals surface area contributed by atoms with Gasteiger partial charge in [0.25, 0.3) is 0 Å². The van der Waals surface area contributed by atoms with Gasteiger partial charge in [-0.15, -0.1) is 0 Å². The molecule has 1 saturated heterocycles. The number of rotatable bonds is 6. The molecule has 0 aromatic heterocycles. The van der Waals surface area contributed by atoms with E-state index in [1.807, 2.05) is 4.90 Å². The second-order valence-electron chi connectivity index (χ2n) is 6.53. The lowest BCUT2D eigenvalue weighted by molar-refractivity contribution is -0.137. The maximum absolute atomic E-state index is 12.3. The molecule has 1 aliphatic heterocycles. The van der Waals surface area contributed by atoms with E-state index in [0.717, 1.165) is 25.9 Å². The van der Waals surface area contributed by atoms with Crippen LogP contribution in [-0.2, 0) is 9.59 Å². The lowest BCUT2D eigenvalue weighted by atomic mass is 10.1. The van der Waals surface area contributed by atoms with Crippen molar-refractivity contribution in [3.05, 3.63) is 0 Å². The van der Waals surface area contributed by atoms with Crippen molar-refractivity contribution in [1.82, 2.24) is 15.1 Å². The van der Waals surface area contributed by atoms with Crippen molar-refractivity contribution in [3.8, 4) is 0 Å². The average molecular weight is 297 g/mol. The smallest absolute Gasteiger partial charge is 0.244 e. The molecule has 1 rings (SSSR count). The Hall–Kier alpha value is -1.10. The van der Waals surface area contributed by atoms with Crippen molar-refractivity contribution in [2.75, 3.05) is 19.6 Å². The van der Waals surface area contributed by atoms with Crippen LogP contribution in [0.3, 0.4) is 0 Å². The highest BCUT2D eigenvalue weighted by atomic mass is 16.2. The number of piperidine rings is 1. The summed E-state index contributed by atoms with van der Waals surface area (Å²) >= 11 is 0. The number of hydrogen-bond donors (Lipinski definition) is 1. The summed E-state index contributed by atoms with van der Waals surface area (Å²) in [5, 5.41) is 2.85. The zero-order chi connectivity index (χ0) is 16.0. The minimum absolute atomic E-state index is 0.0451. The van der Waals surface area contributed by atoms with E-state index >= 15 is 0 Å². The van der Waals surface area contributed by atoms with Crippen LogP contribution in [0.5, 0.6) is 0 Å². The van der Waals surface area contributed by atoms with Crippen molar-refractivity contribution in [3.63, 3.8) is 0 Å². The molecule has 5 heteroatoms. The third-order valence-corrected chi connectivity index (χ3v) is 4.07. The van der Waals surface area contributed by atoms with E-state index in [0.29, 0.717) is 18.6 Å². The first-order valence-corrected chi connectivity index (χ1v) is 8.16. The molecular weight excluding hydrogens is 266 g/mol. The predicted molar refractivity (Wildman–Crippen MR) is 85.0 cm³/mol. The number of likely N-dealkylation sites (tertiary alicyclic amines) is 1. The quantitative estimate of drug-likeness (QED) is 0.810. The van der Waals surface area contributed by atoms with E-state index in [9.17, 15) is 9.59 Å². The highest BCUT2D eigenvalue weighted by Crippen LogP contribution is 2.10. The Kier molecular flexibility index (Phi) is 7.15. The highest BCUT2D eigenvalue weighted by molar-refractivity contribution is 5.88. The van der Waals surface area contributed by atoms with Gasteiger partial charge in [0.1, 0.15) is 6.04 Å². The van der Waals surface area contributed by atoms with Gasteiger partial charge in [-0.1, -0.05) is 0 Å². The van der Waals surface area contributed by atoms with Crippen LogP contribution >= 0.6 is 0 Å². The fourth-order valence-electron chi connectivity index (χ4n) is 2.86. The van der Waals surface area contributed by atoms with E-state index < -0.39 is 6.04 Å². The molecule has 0 saturated carbocycles. The largest absolute Gasteiger partial charge is 0.343 e. The lowest BCUT2D eigenvalue weighted by Crippen LogP contribution is -2.51. The average Bonchev–Trinajstić information content (AvgIpc) is 2.44. The summed E-state index contributed by atoms with van der Waals surface area (Å²) in [4.78, 5) is 28.4. The molecule has 122 valence electrons. The normalized spacial score (nSPS) is 17.4. The van der Waals surface area contributed by atoms with Crippen LogP contribution in [0.4, 0.5) is 0 Å². The van der Waals surface area contributed by atoms with Crippen molar-refractivity contribution in [1.29, 1.82) is 0 Å². The van der Waals surface area contributed by atoms with E-state index in [-0.39, 0.29) is 11.8 Å². The topological polar surface area (TPSA) is 52.7 Å². The van der Waals surface area contributed by atoms with Gasteiger partial charge >= 0.3 is 0 Å². The van der Waals surface area contributed by atoms with Crippen LogP contribution in [0.15, 0.2) is 0 Å². The molecule has 0 aromatic carbocycles. The van der Waals surface area contributed by atoms with Gasteiger partial charge in [-0.2, -0.15) is 0 Å². The maximum Gasteiger partial charge on any atom is 0.244 e. The summed E-state index contributed by atoms with van der Waals surface area (Å²) in [6.45, 7) is 12.1. The molecule has 0 spiro atoms. The second kappa shape index (κ2) is 8.37. The van der Waals surface area contributed by atoms with E-state index in [2.05, 4.69) is 37.9 Å². The lowest BCUT2D eigenvalue weighted by Gasteiger charge is -2.31. The molecule has 0 unspecified atom stereocenters. The third kappa shape index (κ3) is 5.65. The van der Waals surface area contributed by atoms with Gasteiger partial charge in [0.15, 0.2) is 0 Å². The summed E-state index contributed by atoms with van der Waals surface area (Å²) in [6.07, 6.45) is 3.34. The van der Waals surface area contributed by atoms with Crippen molar-refractivity contribution in [2.24, 2.45) is 0 Å². The first kappa shape index (κ1) is 18.0. The molecule has 21 heavy (non-hydrogen) atoms. The minimum atomic E-state index is -0.434. The molecule has 1 fully saturated rings. The van der Waals surface area contributed by atoms with Gasteiger partial charge in [0.2, 0.25) is 11.8 Å². The van der Waals surface area contributed by atoms with E-state index in [1.54, 1.807) is 6.92 Å². The van der Waals surface area contributed by atoms with Gasteiger partial charge < -0.3 is 10.2 Å². The standard InChI is InChI=1S/C16H31N3O2/c1-12(2)19(13(3)4)11-15(20)17-14(5)16(21)18-9-7-6-8-10-18/h12-14H,6-11H2,1-5H3,(H,17,20)/t14-/m1/s1. The molecule has 0 radical (unpaired) electrons. The number of nitrogens with one attached hydrogen (secondary N) is 1. The summed E-state index contributed by atoms with van der Waals surface area (Å²) in [6, 6.07) is 0.185. The number of carbonyl (C=O) groups excluding carboxylic acids is 2. The third-order valence-electron chi connectivity index (χ3n) is 4.07. The van der Waals surface area contributed by atoms with Crippen LogP contribution in [0.25, 0.3) is 0 Å². The highest BCUT2D eigenvalue weighted by Gasteiger charge is 2.24. The molecule has 0 aliphatic carbocycles. The van der Waals surface area contributed by atoms with Crippen LogP contribution < -0.4 is 5.32 Å². The zero-order valence-corrected chi connectivity index (χ0v) is 14.2. The zero-order valence-electron chi connectivity index (χ0n) is 14.2. The first-order valence-electron chi connectivity index (χ1n) is 8.16. The molecule has 0 bridgehead atoms. The van der Waals surface area contributed by atoms with Crippen molar-refractivity contribution in [2.45, 2.75) is 72.0 Å². The Morgan fingerprint density at radius 2 is 1.52 bits per heavy atom.